The van der Waals surface area contributed by atoms with Gasteiger partial charge in [-0.15, -0.1) is 0 Å². The number of rotatable bonds is 6. The molecule has 0 radical (unpaired) electrons. The van der Waals surface area contributed by atoms with Crippen molar-refractivity contribution in [1.82, 2.24) is 5.32 Å². The molecular weight excluding hydrogens is 290 g/mol. The lowest BCUT2D eigenvalue weighted by molar-refractivity contribution is -0.132. The molecule has 0 saturated carbocycles. The Balaban J connectivity index is 1.99. The molecule has 5 nitrogen and oxygen atoms in total. The molecule has 1 aromatic rings. The Labute approximate surface area is 138 Å². The molecule has 0 aliphatic carbocycles. The second-order valence-electron chi connectivity index (χ2n) is 6.66. The second kappa shape index (κ2) is 7.59. The highest BCUT2D eigenvalue weighted by molar-refractivity contribution is 6.09. The Morgan fingerprint density at radius 1 is 1.30 bits per heavy atom. The van der Waals surface area contributed by atoms with Crippen molar-refractivity contribution in [2.75, 3.05) is 24.5 Å². The summed E-state index contributed by atoms with van der Waals surface area (Å²) in [4.78, 5) is 26.4. The largest absolute Gasteiger partial charge is 0.355 e. The summed E-state index contributed by atoms with van der Waals surface area (Å²) in [6, 6.07) is 8.02. The van der Waals surface area contributed by atoms with E-state index in [1.54, 1.807) is 4.90 Å². The predicted molar refractivity (Wildman–Crippen MR) is 92.2 cm³/mol. The molecule has 0 spiro atoms. The molecule has 23 heavy (non-hydrogen) atoms. The first-order valence-corrected chi connectivity index (χ1v) is 8.33. The van der Waals surface area contributed by atoms with Gasteiger partial charge in [0.25, 0.3) is 0 Å². The normalized spacial score (nSPS) is 19.3. The summed E-state index contributed by atoms with van der Waals surface area (Å²) in [7, 11) is 0. The molecular formula is C18H27N3O2. The smallest absolute Gasteiger partial charge is 0.239 e. The lowest BCUT2D eigenvalue weighted by Crippen LogP contribution is -2.39. The van der Waals surface area contributed by atoms with Crippen LogP contribution >= 0.6 is 0 Å². The first kappa shape index (κ1) is 17.5. The van der Waals surface area contributed by atoms with Crippen LogP contribution in [-0.2, 0) is 9.59 Å². The fraction of sp³-hybridized carbons (Fsp3) is 0.556. The minimum absolute atomic E-state index is 0.111. The molecule has 5 heteroatoms. The maximum absolute atomic E-state index is 12.5. The van der Waals surface area contributed by atoms with Gasteiger partial charge in [-0.1, -0.05) is 32.9 Å². The third-order valence-corrected chi connectivity index (χ3v) is 4.42. The van der Waals surface area contributed by atoms with Crippen molar-refractivity contribution in [3.8, 4) is 0 Å². The van der Waals surface area contributed by atoms with Gasteiger partial charge in [-0.2, -0.15) is 0 Å². The molecule has 1 aliphatic rings. The van der Waals surface area contributed by atoms with E-state index in [0.29, 0.717) is 32.0 Å². The van der Waals surface area contributed by atoms with Crippen LogP contribution in [0.1, 0.15) is 38.7 Å². The topological polar surface area (TPSA) is 75.4 Å². The van der Waals surface area contributed by atoms with Gasteiger partial charge < -0.3 is 16.0 Å². The van der Waals surface area contributed by atoms with Crippen LogP contribution in [-0.4, -0.2) is 31.4 Å². The maximum Gasteiger partial charge on any atom is 0.239 e. The summed E-state index contributed by atoms with van der Waals surface area (Å²) in [6.45, 7) is 7.87. The van der Waals surface area contributed by atoms with Crippen molar-refractivity contribution in [1.29, 1.82) is 0 Å². The minimum atomic E-state index is -0.579. The minimum Gasteiger partial charge on any atom is -0.355 e. The van der Waals surface area contributed by atoms with Gasteiger partial charge in [0.2, 0.25) is 11.8 Å². The van der Waals surface area contributed by atoms with Crippen LogP contribution in [0, 0.1) is 11.8 Å². The van der Waals surface area contributed by atoms with E-state index in [9.17, 15) is 9.59 Å². The zero-order valence-corrected chi connectivity index (χ0v) is 14.2. The number of amides is 2. The van der Waals surface area contributed by atoms with Gasteiger partial charge in [-0.3, -0.25) is 9.59 Å². The molecule has 1 heterocycles. The summed E-state index contributed by atoms with van der Waals surface area (Å²) >= 11 is 0. The molecule has 1 aromatic carbocycles. The third kappa shape index (κ3) is 4.10. The second-order valence-corrected chi connectivity index (χ2v) is 6.66. The molecule has 2 atom stereocenters. The molecule has 1 saturated heterocycles. The molecule has 1 aliphatic heterocycles. The van der Waals surface area contributed by atoms with E-state index in [2.05, 4.69) is 19.2 Å². The summed E-state index contributed by atoms with van der Waals surface area (Å²) < 4.78 is 0. The fourth-order valence-electron chi connectivity index (χ4n) is 2.70. The Bertz CT molecular complexity index is 554. The maximum atomic E-state index is 12.5. The van der Waals surface area contributed by atoms with Crippen molar-refractivity contribution < 1.29 is 9.59 Å². The summed E-state index contributed by atoms with van der Waals surface area (Å²) in [5, 5.41) is 2.84. The molecule has 126 valence electrons. The zero-order chi connectivity index (χ0) is 17.0. The molecule has 2 rings (SSSR count). The van der Waals surface area contributed by atoms with E-state index in [-0.39, 0.29) is 17.7 Å². The number of benzene rings is 1. The fourth-order valence-corrected chi connectivity index (χ4v) is 2.70. The number of anilines is 1. The lowest BCUT2D eigenvalue weighted by Gasteiger charge is -2.18. The highest BCUT2D eigenvalue weighted by Crippen LogP contribution is 2.27. The van der Waals surface area contributed by atoms with Crippen LogP contribution in [0.25, 0.3) is 0 Å². The van der Waals surface area contributed by atoms with Gasteiger partial charge >= 0.3 is 0 Å². The zero-order valence-electron chi connectivity index (χ0n) is 14.2. The van der Waals surface area contributed by atoms with Crippen molar-refractivity contribution in [3.63, 3.8) is 0 Å². The van der Waals surface area contributed by atoms with Gasteiger partial charge in [0.15, 0.2) is 0 Å². The Kier molecular flexibility index (Phi) is 5.77. The number of hydrogen-bond acceptors (Lipinski definition) is 3. The molecule has 2 amide bonds. The SMILES string of the molecule is CC(CN)CNC(=O)C1CCN(c2ccc(C(C)C)cc2)C1=O. The van der Waals surface area contributed by atoms with E-state index in [4.69, 9.17) is 5.73 Å². The van der Waals surface area contributed by atoms with E-state index >= 15 is 0 Å². The standard InChI is InChI=1S/C18H27N3O2/c1-12(2)14-4-6-15(7-5-14)21-9-8-16(18(21)23)17(22)20-11-13(3)10-19/h4-7,12-13,16H,8-11,19H2,1-3H3,(H,20,22). The number of nitrogens with one attached hydrogen (secondary N) is 1. The number of carbonyl (C=O) groups excluding carboxylic acids is 2. The van der Waals surface area contributed by atoms with E-state index in [1.807, 2.05) is 31.2 Å². The van der Waals surface area contributed by atoms with E-state index in [0.717, 1.165) is 5.69 Å². The monoisotopic (exact) mass is 317 g/mol. The summed E-state index contributed by atoms with van der Waals surface area (Å²) in [5.74, 6) is -0.196. The van der Waals surface area contributed by atoms with Gasteiger partial charge in [-0.25, -0.2) is 0 Å². The van der Waals surface area contributed by atoms with Gasteiger partial charge in [0.1, 0.15) is 5.92 Å². The first-order valence-electron chi connectivity index (χ1n) is 8.33. The van der Waals surface area contributed by atoms with Crippen LogP contribution in [0.3, 0.4) is 0 Å². The van der Waals surface area contributed by atoms with Crippen LogP contribution in [0.4, 0.5) is 5.69 Å². The van der Waals surface area contributed by atoms with Crippen molar-refractivity contribution in [2.24, 2.45) is 17.6 Å². The molecule has 0 aromatic heterocycles. The average molecular weight is 317 g/mol. The van der Waals surface area contributed by atoms with E-state index < -0.39 is 5.92 Å². The van der Waals surface area contributed by atoms with Crippen LogP contribution in [0.15, 0.2) is 24.3 Å². The first-order chi connectivity index (χ1) is 10.9. The average Bonchev–Trinajstić information content (AvgIpc) is 2.94. The van der Waals surface area contributed by atoms with Gasteiger partial charge in [-0.05, 0) is 42.5 Å². The highest BCUT2D eigenvalue weighted by Gasteiger charge is 2.37. The van der Waals surface area contributed by atoms with Crippen LogP contribution < -0.4 is 16.0 Å². The Morgan fingerprint density at radius 3 is 2.52 bits per heavy atom. The Hall–Kier alpha value is -1.88. The highest BCUT2D eigenvalue weighted by atomic mass is 16.2. The van der Waals surface area contributed by atoms with Gasteiger partial charge in [0.05, 0.1) is 0 Å². The van der Waals surface area contributed by atoms with E-state index in [1.165, 1.54) is 5.56 Å². The lowest BCUT2D eigenvalue weighted by atomic mass is 10.0. The molecule has 3 N–H and O–H groups in total. The quantitative estimate of drug-likeness (QED) is 0.787. The van der Waals surface area contributed by atoms with Crippen molar-refractivity contribution >= 4 is 17.5 Å². The molecule has 1 fully saturated rings. The summed E-state index contributed by atoms with van der Waals surface area (Å²) in [6.07, 6.45) is 0.563. The molecule has 2 unspecified atom stereocenters. The third-order valence-electron chi connectivity index (χ3n) is 4.42. The van der Waals surface area contributed by atoms with Crippen LogP contribution in [0.5, 0.6) is 0 Å². The van der Waals surface area contributed by atoms with Crippen LogP contribution in [0.2, 0.25) is 0 Å². The number of nitrogens with zero attached hydrogens (tertiary/aromatic N) is 1. The van der Waals surface area contributed by atoms with Gasteiger partial charge in [0, 0.05) is 18.8 Å². The number of nitrogens with two attached hydrogens (primary N) is 1. The molecule has 0 bridgehead atoms. The number of carbonyl (C=O) groups is 2. The number of hydrogen-bond donors (Lipinski definition) is 2. The summed E-state index contributed by atoms with van der Waals surface area (Å²) in [5.41, 5.74) is 7.65. The van der Waals surface area contributed by atoms with Crippen molar-refractivity contribution in [2.45, 2.75) is 33.1 Å². The Morgan fingerprint density at radius 2 is 1.96 bits per heavy atom. The predicted octanol–water partition coefficient (Wildman–Crippen LogP) is 1.87. The van der Waals surface area contributed by atoms with Crippen molar-refractivity contribution in [3.05, 3.63) is 29.8 Å².